The standard InChI is InChI=1S/C15H20N4O2S/c1-9-10(2)22-13(17-9)6-16-15(20)12-7-19(3)18-14(12)11-4-5-21-8-11/h7,11H,4-6,8H2,1-3H3,(H,16,20). The van der Waals surface area contributed by atoms with E-state index < -0.39 is 0 Å². The molecule has 0 aromatic carbocycles. The lowest BCUT2D eigenvalue weighted by atomic mass is 10.0. The molecule has 1 atom stereocenters. The molecule has 22 heavy (non-hydrogen) atoms. The van der Waals surface area contributed by atoms with Gasteiger partial charge in [-0.05, 0) is 20.3 Å². The number of nitrogens with zero attached hydrogens (tertiary/aromatic N) is 3. The quantitative estimate of drug-likeness (QED) is 0.934. The first-order chi connectivity index (χ1) is 10.5. The van der Waals surface area contributed by atoms with E-state index in [2.05, 4.69) is 15.4 Å². The lowest BCUT2D eigenvalue weighted by Gasteiger charge is -2.07. The number of amides is 1. The van der Waals surface area contributed by atoms with Crippen LogP contribution in [-0.2, 0) is 18.3 Å². The van der Waals surface area contributed by atoms with Crippen LogP contribution in [-0.4, -0.2) is 33.9 Å². The largest absolute Gasteiger partial charge is 0.381 e. The zero-order valence-electron chi connectivity index (χ0n) is 13.0. The topological polar surface area (TPSA) is 69.0 Å². The Morgan fingerprint density at radius 3 is 3.00 bits per heavy atom. The van der Waals surface area contributed by atoms with E-state index in [1.54, 1.807) is 22.2 Å². The van der Waals surface area contributed by atoms with Gasteiger partial charge < -0.3 is 10.1 Å². The Labute approximate surface area is 133 Å². The van der Waals surface area contributed by atoms with Gasteiger partial charge in [0.25, 0.3) is 5.91 Å². The van der Waals surface area contributed by atoms with Gasteiger partial charge in [-0.1, -0.05) is 0 Å². The molecule has 118 valence electrons. The highest BCUT2D eigenvalue weighted by molar-refractivity contribution is 7.11. The van der Waals surface area contributed by atoms with Crippen molar-refractivity contribution in [1.82, 2.24) is 20.1 Å². The number of ether oxygens (including phenoxy) is 1. The van der Waals surface area contributed by atoms with Crippen LogP contribution in [0, 0.1) is 13.8 Å². The molecule has 2 aromatic rings. The van der Waals surface area contributed by atoms with E-state index in [4.69, 9.17) is 4.74 Å². The van der Waals surface area contributed by atoms with Gasteiger partial charge in [0.1, 0.15) is 5.01 Å². The number of thiazole rings is 1. The van der Waals surface area contributed by atoms with Gasteiger partial charge in [0.15, 0.2) is 0 Å². The number of carbonyl (C=O) groups excluding carboxylic acids is 1. The number of carbonyl (C=O) groups is 1. The first kappa shape index (κ1) is 15.2. The average Bonchev–Trinajstić information content (AvgIpc) is 3.18. The molecule has 1 saturated heterocycles. The minimum absolute atomic E-state index is 0.0968. The smallest absolute Gasteiger partial charge is 0.255 e. The van der Waals surface area contributed by atoms with Crippen LogP contribution in [0.25, 0.3) is 0 Å². The van der Waals surface area contributed by atoms with Gasteiger partial charge >= 0.3 is 0 Å². The van der Waals surface area contributed by atoms with E-state index in [-0.39, 0.29) is 11.8 Å². The summed E-state index contributed by atoms with van der Waals surface area (Å²) >= 11 is 1.62. The fourth-order valence-electron chi connectivity index (χ4n) is 2.60. The highest BCUT2D eigenvalue weighted by Gasteiger charge is 2.26. The zero-order chi connectivity index (χ0) is 15.7. The maximum absolute atomic E-state index is 12.5. The predicted octanol–water partition coefficient (Wildman–Crippen LogP) is 1.93. The molecular formula is C15H20N4O2S. The van der Waals surface area contributed by atoms with Crippen molar-refractivity contribution in [3.63, 3.8) is 0 Å². The highest BCUT2D eigenvalue weighted by Crippen LogP contribution is 2.26. The molecule has 6 nitrogen and oxygen atoms in total. The van der Waals surface area contributed by atoms with Crippen molar-refractivity contribution in [2.24, 2.45) is 7.05 Å². The first-order valence-corrected chi connectivity index (χ1v) is 8.18. The Kier molecular flexibility index (Phi) is 4.26. The third kappa shape index (κ3) is 3.05. The second-order valence-corrected chi connectivity index (χ2v) is 6.88. The number of rotatable bonds is 4. The molecule has 0 saturated carbocycles. The normalized spacial score (nSPS) is 17.9. The summed E-state index contributed by atoms with van der Waals surface area (Å²) in [6.45, 7) is 5.85. The molecule has 0 aliphatic carbocycles. The highest BCUT2D eigenvalue weighted by atomic mass is 32.1. The molecule has 1 amide bonds. The SMILES string of the molecule is Cc1nc(CNC(=O)c2cn(C)nc2C2CCOC2)sc1C. The van der Waals surface area contributed by atoms with E-state index in [0.717, 1.165) is 29.4 Å². The van der Waals surface area contributed by atoms with Crippen molar-refractivity contribution in [2.45, 2.75) is 32.7 Å². The molecule has 1 N–H and O–H groups in total. The number of aromatic nitrogens is 3. The van der Waals surface area contributed by atoms with Crippen molar-refractivity contribution < 1.29 is 9.53 Å². The lowest BCUT2D eigenvalue weighted by Crippen LogP contribution is -2.24. The van der Waals surface area contributed by atoms with E-state index in [9.17, 15) is 4.79 Å². The third-order valence-corrected chi connectivity index (χ3v) is 4.96. The van der Waals surface area contributed by atoms with E-state index in [0.29, 0.717) is 18.7 Å². The third-order valence-electron chi connectivity index (χ3n) is 3.89. The van der Waals surface area contributed by atoms with Gasteiger partial charge in [0.2, 0.25) is 0 Å². The van der Waals surface area contributed by atoms with Crippen LogP contribution >= 0.6 is 11.3 Å². The number of nitrogens with one attached hydrogen (secondary N) is 1. The molecule has 3 heterocycles. The van der Waals surface area contributed by atoms with Gasteiger partial charge in [-0.3, -0.25) is 9.48 Å². The molecule has 1 aliphatic rings. The van der Waals surface area contributed by atoms with Crippen molar-refractivity contribution >= 4 is 17.2 Å². The van der Waals surface area contributed by atoms with E-state index >= 15 is 0 Å². The summed E-state index contributed by atoms with van der Waals surface area (Å²) in [4.78, 5) is 18.1. The second-order valence-electron chi connectivity index (χ2n) is 5.59. The minimum atomic E-state index is -0.0968. The molecule has 0 spiro atoms. The van der Waals surface area contributed by atoms with Crippen molar-refractivity contribution in [3.05, 3.63) is 33.0 Å². The van der Waals surface area contributed by atoms with Gasteiger partial charge in [-0.15, -0.1) is 11.3 Å². The maximum Gasteiger partial charge on any atom is 0.255 e. The summed E-state index contributed by atoms with van der Waals surface area (Å²) in [5, 5.41) is 8.33. The van der Waals surface area contributed by atoms with Gasteiger partial charge in [-0.2, -0.15) is 5.10 Å². The summed E-state index contributed by atoms with van der Waals surface area (Å²) in [5.74, 6) is 0.117. The van der Waals surface area contributed by atoms with Crippen LogP contribution in [0.2, 0.25) is 0 Å². The summed E-state index contributed by atoms with van der Waals surface area (Å²) in [6, 6.07) is 0. The van der Waals surface area contributed by atoms with Gasteiger partial charge in [0, 0.05) is 30.6 Å². The summed E-state index contributed by atoms with van der Waals surface area (Å²) in [5.41, 5.74) is 2.51. The minimum Gasteiger partial charge on any atom is -0.381 e. The monoisotopic (exact) mass is 320 g/mol. The Hall–Kier alpha value is -1.73. The van der Waals surface area contributed by atoms with Crippen LogP contribution < -0.4 is 5.32 Å². The number of hydrogen-bond acceptors (Lipinski definition) is 5. The van der Waals surface area contributed by atoms with Crippen LogP contribution in [0.15, 0.2) is 6.20 Å². The molecule has 7 heteroatoms. The fourth-order valence-corrected chi connectivity index (χ4v) is 3.47. The van der Waals surface area contributed by atoms with Gasteiger partial charge in [-0.25, -0.2) is 4.98 Å². The fraction of sp³-hybridized carbons (Fsp3) is 0.533. The molecule has 1 aliphatic heterocycles. The Bertz CT molecular complexity index is 666. The van der Waals surface area contributed by atoms with Crippen molar-refractivity contribution in [2.75, 3.05) is 13.2 Å². The Morgan fingerprint density at radius 2 is 2.36 bits per heavy atom. The molecule has 0 radical (unpaired) electrons. The Morgan fingerprint density at radius 1 is 1.55 bits per heavy atom. The van der Waals surface area contributed by atoms with Crippen LogP contribution in [0.3, 0.4) is 0 Å². The summed E-state index contributed by atoms with van der Waals surface area (Å²) < 4.78 is 7.11. The van der Waals surface area contributed by atoms with Gasteiger partial charge in [0.05, 0.1) is 30.1 Å². The molecular weight excluding hydrogens is 300 g/mol. The van der Waals surface area contributed by atoms with Crippen LogP contribution in [0.5, 0.6) is 0 Å². The lowest BCUT2D eigenvalue weighted by molar-refractivity contribution is 0.0949. The predicted molar refractivity (Wildman–Crippen MR) is 84.1 cm³/mol. The molecule has 1 unspecified atom stereocenters. The zero-order valence-corrected chi connectivity index (χ0v) is 13.9. The summed E-state index contributed by atoms with van der Waals surface area (Å²) in [7, 11) is 1.84. The number of hydrogen-bond donors (Lipinski definition) is 1. The van der Waals surface area contributed by atoms with Crippen LogP contribution in [0.1, 0.15) is 44.0 Å². The molecule has 0 bridgehead atoms. The average molecular weight is 320 g/mol. The van der Waals surface area contributed by atoms with Crippen molar-refractivity contribution in [3.8, 4) is 0 Å². The summed E-state index contributed by atoms with van der Waals surface area (Å²) in [6.07, 6.45) is 2.70. The van der Waals surface area contributed by atoms with E-state index in [1.807, 2.05) is 20.9 Å². The molecule has 2 aromatic heterocycles. The molecule has 1 fully saturated rings. The van der Waals surface area contributed by atoms with Crippen LogP contribution in [0.4, 0.5) is 0 Å². The van der Waals surface area contributed by atoms with E-state index in [1.165, 1.54) is 4.88 Å². The number of aryl methyl sites for hydroxylation is 3. The van der Waals surface area contributed by atoms with Crippen molar-refractivity contribution in [1.29, 1.82) is 0 Å². The first-order valence-electron chi connectivity index (χ1n) is 7.37. The Balaban J connectivity index is 1.71. The second kappa shape index (κ2) is 6.18. The molecule has 3 rings (SSSR count). The maximum atomic E-state index is 12.5.